The molecule has 0 aliphatic rings. The molecule has 0 saturated carbocycles. The normalized spacial score (nSPS) is 14.1. The number of aromatic nitrogens is 2. The molecule has 188 valence electrons. The highest BCUT2D eigenvalue weighted by molar-refractivity contribution is 5.96. The Bertz CT molecular complexity index is 1030. The van der Waals surface area contributed by atoms with E-state index in [2.05, 4.69) is 25.9 Å². The molecule has 0 aliphatic carbocycles. The largest absolute Gasteiger partial charge is 0.480 e. The Morgan fingerprint density at radius 3 is 2.17 bits per heavy atom. The molecule has 4 atom stereocenters. The van der Waals surface area contributed by atoms with E-state index in [0.717, 1.165) is 0 Å². The Balaban J connectivity index is 2.18. The van der Waals surface area contributed by atoms with Gasteiger partial charge in [0.1, 0.15) is 18.1 Å². The number of aliphatic carboxylic acids is 1. The van der Waals surface area contributed by atoms with Crippen molar-refractivity contribution in [2.45, 2.75) is 50.4 Å². The lowest BCUT2D eigenvalue weighted by Gasteiger charge is -2.24. The molecule has 4 unspecified atom stereocenters. The third-order valence-corrected chi connectivity index (χ3v) is 5.01. The van der Waals surface area contributed by atoms with Crippen LogP contribution in [0.25, 0.3) is 0 Å². The topological polar surface area (TPSA) is 222 Å². The molecule has 9 N–H and O–H groups in total. The van der Waals surface area contributed by atoms with E-state index in [9.17, 15) is 24.0 Å². The minimum atomic E-state index is -1.45. The molecular formula is C22H29N7O6. The van der Waals surface area contributed by atoms with E-state index >= 15 is 0 Å². The Morgan fingerprint density at radius 2 is 1.60 bits per heavy atom. The summed E-state index contributed by atoms with van der Waals surface area (Å²) in [5, 5.41) is 16.2. The van der Waals surface area contributed by atoms with Crippen molar-refractivity contribution in [3.63, 3.8) is 0 Å². The van der Waals surface area contributed by atoms with Crippen molar-refractivity contribution in [2.75, 3.05) is 0 Å². The number of carbonyl (C=O) groups excluding carboxylic acids is 4. The molecule has 0 radical (unpaired) electrons. The molecule has 13 heteroatoms. The predicted octanol–water partition coefficient (Wildman–Crippen LogP) is -2.04. The Hall–Kier alpha value is -4.26. The van der Waals surface area contributed by atoms with Gasteiger partial charge in [0.2, 0.25) is 23.6 Å². The molecule has 35 heavy (non-hydrogen) atoms. The zero-order chi connectivity index (χ0) is 26.0. The van der Waals surface area contributed by atoms with Crippen LogP contribution in [-0.4, -0.2) is 68.8 Å². The quantitative estimate of drug-likeness (QED) is 0.166. The van der Waals surface area contributed by atoms with Gasteiger partial charge in [-0.3, -0.25) is 24.0 Å². The number of amides is 4. The van der Waals surface area contributed by atoms with Gasteiger partial charge in [0.05, 0.1) is 18.8 Å². The van der Waals surface area contributed by atoms with Crippen LogP contribution < -0.4 is 27.4 Å². The first-order chi connectivity index (χ1) is 16.6. The maximum atomic E-state index is 13.1. The number of nitrogens with one attached hydrogen (secondary N) is 4. The summed E-state index contributed by atoms with van der Waals surface area (Å²) in [5.41, 5.74) is 12.5. The minimum absolute atomic E-state index is 0.0611. The number of hydrogen-bond acceptors (Lipinski definition) is 7. The molecule has 2 rings (SSSR count). The van der Waals surface area contributed by atoms with Crippen molar-refractivity contribution in [1.29, 1.82) is 0 Å². The van der Waals surface area contributed by atoms with Gasteiger partial charge in [0.25, 0.3) is 0 Å². The van der Waals surface area contributed by atoms with E-state index in [-0.39, 0.29) is 12.8 Å². The van der Waals surface area contributed by atoms with Crippen LogP contribution in [0.15, 0.2) is 42.9 Å². The number of H-pyrrole nitrogens is 1. The van der Waals surface area contributed by atoms with Gasteiger partial charge in [-0.05, 0) is 12.5 Å². The summed E-state index contributed by atoms with van der Waals surface area (Å²) >= 11 is 0. The Morgan fingerprint density at radius 1 is 0.971 bits per heavy atom. The first-order valence-electron chi connectivity index (χ1n) is 10.8. The average molecular weight is 488 g/mol. The fourth-order valence-electron chi connectivity index (χ4n) is 3.12. The molecule has 2 aromatic rings. The summed E-state index contributed by atoms with van der Waals surface area (Å²) in [6, 6.07) is 3.93. The first kappa shape index (κ1) is 27.0. The molecule has 1 heterocycles. The third-order valence-electron chi connectivity index (χ3n) is 5.01. The molecule has 4 amide bonds. The number of benzene rings is 1. The number of nitrogens with two attached hydrogens (primary N) is 2. The highest BCUT2D eigenvalue weighted by Crippen LogP contribution is 2.06. The van der Waals surface area contributed by atoms with E-state index < -0.39 is 60.2 Å². The van der Waals surface area contributed by atoms with Crippen molar-refractivity contribution in [1.82, 2.24) is 25.9 Å². The number of carboxylic acids is 1. The van der Waals surface area contributed by atoms with Gasteiger partial charge >= 0.3 is 5.97 Å². The van der Waals surface area contributed by atoms with Crippen LogP contribution in [0.1, 0.15) is 24.6 Å². The zero-order valence-electron chi connectivity index (χ0n) is 19.1. The zero-order valence-corrected chi connectivity index (χ0v) is 19.1. The van der Waals surface area contributed by atoms with Crippen molar-refractivity contribution in [3.05, 3.63) is 54.1 Å². The Kier molecular flexibility index (Phi) is 9.90. The summed E-state index contributed by atoms with van der Waals surface area (Å²) in [5.74, 6) is -4.50. The fourth-order valence-corrected chi connectivity index (χ4v) is 3.12. The number of carboxylic acid groups (broad SMARTS) is 1. The van der Waals surface area contributed by atoms with Gasteiger partial charge in [-0.25, -0.2) is 4.98 Å². The van der Waals surface area contributed by atoms with Crippen molar-refractivity contribution >= 4 is 29.6 Å². The maximum Gasteiger partial charge on any atom is 0.325 e. The Labute approximate surface area is 201 Å². The molecule has 0 saturated heterocycles. The summed E-state index contributed by atoms with van der Waals surface area (Å²) < 4.78 is 0. The van der Waals surface area contributed by atoms with Gasteiger partial charge in [-0.1, -0.05) is 30.3 Å². The monoisotopic (exact) mass is 487 g/mol. The van der Waals surface area contributed by atoms with Crippen molar-refractivity contribution in [2.24, 2.45) is 11.5 Å². The highest BCUT2D eigenvalue weighted by Gasteiger charge is 2.30. The third kappa shape index (κ3) is 8.89. The molecule has 0 spiro atoms. The fraction of sp³-hybridized carbons (Fsp3) is 0.364. The van der Waals surface area contributed by atoms with Crippen molar-refractivity contribution < 1.29 is 29.1 Å². The summed E-state index contributed by atoms with van der Waals surface area (Å²) in [6.07, 6.45) is 2.60. The van der Waals surface area contributed by atoms with E-state index in [1.807, 2.05) is 0 Å². The molecule has 0 aliphatic heterocycles. The number of primary amides is 1. The highest BCUT2D eigenvalue weighted by atomic mass is 16.4. The SMILES string of the molecule is CC(NC(=O)C(CC(N)=O)NC(=O)C(Cc1ccccc1)NC(=O)C(N)Cc1cnc[nH]1)C(=O)O. The van der Waals surface area contributed by atoms with Crippen LogP contribution in [-0.2, 0) is 36.8 Å². The van der Waals surface area contributed by atoms with E-state index in [1.165, 1.54) is 19.4 Å². The summed E-state index contributed by atoms with van der Waals surface area (Å²) in [6.45, 7) is 1.23. The van der Waals surface area contributed by atoms with Gasteiger partial charge in [-0.2, -0.15) is 0 Å². The standard InChI is InChI=1S/C22H29N7O6/c1-12(22(34)35)27-20(32)17(9-18(24)30)29-21(33)16(7-13-5-3-2-4-6-13)28-19(31)15(23)8-14-10-25-11-26-14/h2-6,10-12,15-17H,7-9,23H2,1H3,(H2,24,30)(H,25,26)(H,27,32)(H,28,31)(H,29,33)(H,34,35). The second kappa shape index (κ2) is 12.8. The number of carbonyl (C=O) groups is 5. The number of hydrogen-bond donors (Lipinski definition) is 7. The molecule has 0 bridgehead atoms. The molecule has 1 aromatic heterocycles. The first-order valence-corrected chi connectivity index (χ1v) is 10.8. The van der Waals surface area contributed by atoms with Crippen LogP contribution >= 0.6 is 0 Å². The van der Waals surface area contributed by atoms with Crippen molar-refractivity contribution in [3.8, 4) is 0 Å². The van der Waals surface area contributed by atoms with Gasteiger partial charge in [-0.15, -0.1) is 0 Å². The number of aromatic amines is 1. The number of rotatable bonds is 13. The van der Waals surface area contributed by atoms with Crippen LogP contribution in [0.2, 0.25) is 0 Å². The average Bonchev–Trinajstić information content (AvgIpc) is 3.31. The molecule has 0 fully saturated rings. The van der Waals surface area contributed by atoms with Crippen LogP contribution in [0, 0.1) is 0 Å². The lowest BCUT2D eigenvalue weighted by Crippen LogP contribution is -2.58. The predicted molar refractivity (Wildman–Crippen MR) is 123 cm³/mol. The van der Waals surface area contributed by atoms with Crippen LogP contribution in [0.5, 0.6) is 0 Å². The van der Waals surface area contributed by atoms with E-state index in [0.29, 0.717) is 11.3 Å². The molecular weight excluding hydrogens is 458 g/mol. The summed E-state index contributed by atoms with van der Waals surface area (Å²) in [4.78, 5) is 67.6. The molecule has 1 aromatic carbocycles. The second-order valence-corrected chi connectivity index (χ2v) is 7.94. The van der Waals surface area contributed by atoms with Gasteiger partial charge < -0.3 is 37.5 Å². The van der Waals surface area contributed by atoms with Crippen LogP contribution in [0.4, 0.5) is 0 Å². The minimum Gasteiger partial charge on any atom is -0.480 e. The van der Waals surface area contributed by atoms with E-state index in [1.54, 1.807) is 30.3 Å². The van der Waals surface area contributed by atoms with Gasteiger partial charge in [0, 0.05) is 24.7 Å². The van der Waals surface area contributed by atoms with E-state index in [4.69, 9.17) is 16.6 Å². The van der Waals surface area contributed by atoms with Gasteiger partial charge in [0.15, 0.2) is 0 Å². The second-order valence-electron chi connectivity index (χ2n) is 7.94. The molecule has 13 nitrogen and oxygen atoms in total. The maximum absolute atomic E-state index is 13.1. The number of nitrogens with zero attached hydrogens (tertiary/aromatic N) is 1. The lowest BCUT2D eigenvalue weighted by molar-refractivity contribution is -0.142. The number of imidazole rings is 1. The lowest BCUT2D eigenvalue weighted by atomic mass is 10.0. The smallest absolute Gasteiger partial charge is 0.325 e. The summed E-state index contributed by atoms with van der Waals surface area (Å²) in [7, 11) is 0. The van der Waals surface area contributed by atoms with Crippen LogP contribution in [0.3, 0.4) is 0 Å².